The molecule has 1 N–H and O–H groups in total. The van der Waals surface area contributed by atoms with Crippen LogP contribution in [0, 0.1) is 70.0 Å². The molecule has 13 heteroatoms. The van der Waals surface area contributed by atoms with Gasteiger partial charge in [-0.15, -0.1) is 0 Å². The van der Waals surface area contributed by atoms with Gasteiger partial charge in [0.05, 0.1) is 18.0 Å². The van der Waals surface area contributed by atoms with Crippen LogP contribution in [-0.4, -0.2) is 78.7 Å². The molecule has 0 aliphatic heterocycles. The van der Waals surface area contributed by atoms with Gasteiger partial charge in [0.25, 0.3) is 11.8 Å². The van der Waals surface area contributed by atoms with E-state index in [1.54, 1.807) is 55.6 Å². The fourth-order valence-corrected chi connectivity index (χ4v) is 5.47. The Morgan fingerprint density at radius 2 is 0.803 bits per heavy atom. The third kappa shape index (κ3) is 32.4. The minimum absolute atomic E-state index is 0.0320. The SMILES string of the molecule is CC(=O)[C@@H]1C[C@@H]1C.CC(=O)[C@@H]1C[C@H]1C.CC(C)(C)C(F)(F)C1C[C@@H]1F.CC(C)(C)C(F)(F)C1C[C@H]1F.CCC(C)(C)F.CCC(C)(C)F.CC[C@@H](C)F.COC[C@@H]1C[C@@H]1C.C[C@H]1C[C@H]1CO. The fraction of sp³-hybridized carbons (Fsp3) is 0.962. The van der Waals surface area contributed by atoms with Gasteiger partial charge in [0.15, 0.2) is 0 Å². The first kappa shape index (κ1) is 68.9. The number of carbonyl (C=O) groups excluding carboxylic acids is 2. The van der Waals surface area contributed by atoms with Gasteiger partial charge >= 0.3 is 0 Å². The zero-order valence-corrected chi connectivity index (χ0v) is 45.4. The Morgan fingerprint density at radius 1 is 0.576 bits per heavy atom. The molecule has 13 atom stereocenters. The molecule has 6 fully saturated rings. The number of methoxy groups -OCH3 is 1. The number of ketones is 2. The number of alkyl halides is 9. The normalized spacial score (nSPS) is 30.1. The van der Waals surface area contributed by atoms with E-state index < -0.39 is 64.4 Å². The van der Waals surface area contributed by atoms with Gasteiger partial charge in [-0.25, -0.2) is 39.5 Å². The van der Waals surface area contributed by atoms with Crippen molar-refractivity contribution in [1.29, 1.82) is 0 Å². The summed E-state index contributed by atoms with van der Waals surface area (Å²) >= 11 is 0. The summed E-state index contributed by atoms with van der Waals surface area (Å²) in [5, 5.41) is 8.38. The highest BCUT2D eigenvalue weighted by molar-refractivity contribution is 5.81. The van der Waals surface area contributed by atoms with Crippen LogP contribution in [0.5, 0.6) is 0 Å². The minimum atomic E-state index is -2.85. The molecular weight excluding hydrogens is 872 g/mol. The summed E-state index contributed by atoms with van der Waals surface area (Å²) in [7, 11) is 1.77. The van der Waals surface area contributed by atoms with Crippen molar-refractivity contribution in [2.45, 2.75) is 238 Å². The van der Waals surface area contributed by atoms with Gasteiger partial charge in [-0.3, -0.25) is 9.59 Å². The number of halogens is 9. The van der Waals surface area contributed by atoms with E-state index in [9.17, 15) is 49.1 Å². The van der Waals surface area contributed by atoms with Crippen molar-refractivity contribution in [3.63, 3.8) is 0 Å². The Morgan fingerprint density at radius 3 is 0.833 bits per heavy atom. The van der Waals surface area contributed by atoms with Crippen LogP contribution < -0.4 is 0 Å². The Balaban J connectivity index is -0.000000686. The monoisotopic (exact) mass is 971 g/mol. The first-order valence-corrected chi connectivity index (χ1v) is 24.7. The van der Waals surface area contributed by atoms with Crippen molar-refractivity contribution in [2.24, 2.45) is 70.0 Å². The molecule has 0 bridgehead atoms. The molecule has 6 aliphatic carbocycles. The highest BCUT2D eigenvalue weighted by atomic mass is 19.3. The number of ether oxygens (including phenoxy) is 1. The predicted octanol–water partition coefficient (Wildman–Crippen LogP) is 16.5. The van der Waals surface area contributed by atoms with Gasteiger partial charge in [-0.2, -0.15) is 0 Å². The number of carbonyl (C=O) groups is 2. The van der Waals surface area contributed by atoms with Crippen LogP contribution in [0.3, 0.4) is 0 Å². The number of Topliss-reactive ketones (excluding diaryl/α,β-unsaturated/α-hetero) is 2. The van der Waals surface area contributed by atoms with Crippen molar-refractivity contribution < 1.29 is 58.9 Å². The smallest absolute Gasteiger partial charge is 0.258 e. The van der Waals surface area contributed by atoms with Gasteiger partial charge in [0, 0.05) is 43.0 Å². The number of hydrogen-bond acceptors (Lipinski definition) is 4. The highest BCUT2D eigenvalue weighted by Crippen LogP contribution is 2.54. The lowest BCUT2D eigenvalue weighted by molar-refractivity contribution is -0.120. The average molecular weight is 971 g/mol. The zero-order valence-electron chi connectivity index (χ0n) is 45.4. The molecule has 0 amide bonds. The number of hydrogen-bond donors (Lipinski definition) is 1. The summed E-state index contributed by atoms with van der Waals surface area (Å²) < 4.78 is 118. The lowest BCUT2D eigenvalue weighted by Crippen LogP contribution is -2.36. The van der Waals surface area contributed by atoms with Crippen molar-refractivity contribution in [2.75, 3.05) is 20.3 Å². The van der Waals surface area contributed by atoms with E-state index in [0.717, 1.165) is 37.2 Å². The van der Waals surface area contributed by atoms with E-state index in [4.69, 9.17) is 9.84 Å². The van der Waals surface area contributed by atoms with Crippen molar-refractivity contribution >= 4 is 11.6 Å². The maximum Gasteiger partial charge on any atom is 0.258 e. The van der Waals surface area contributed by atoms with Crippen LogP contribution in [0.25, 0.3) is 0 Å². The number of rotatable bonds is 10. The first-order valence-electron chi connectivity index (χ1n) is 24.7. The molecule has 0 saturated heterocycles. The Hall–Kier alpha value is -1.37. The molecule has 0 radical (unpaired) electrons. The lowest BCUT2D eigenvalue weighted by atomic mass is 9.85. The molecule has 4 nitrogen and oxygen atoms in total. The van der Waals surface area contributed by atoms with Crippen LogP contribution in [-0.2, 0) is 14.3 Å². The van der Waals surface area contributed by atoms with Crippen molar-refractivity contribution in [3.05, 3.63) is 0 Å². The molecule has 0 aromatic rings. The van der Waals surface area contributed by atoms with E-state index in [-0.39, 0.29) is 12.8 Å². The lowest BCUT2D eigenvalue weighted by Gasteiger charge is -2.30. The molecule has 398 valence electrons. The maximum absolute atomic E-state index is 13.1. The molecule has 0 heterocycles. The van der Waals surface area contributed by atoms with Crippen LogP contribution in [0.1, 0.15) is 196 Å². The van der Waals surface area contributed by atoms with E-state index in [1.165, 1.54) is 54.4 Å². The van der Waals surface area contributed by atoms with Crippen LogP contribution in [0.4, 0.5) is 39.5 Å². The summed E-state index contributed by atoms with van der Waals surface area (Å²) in [5.74, 6) is -1.47. The van der Waals surface area contributed by atoms with Gasteiger partial charge in [0.1, 0.15) is 35.2 Å². The second kappa shape index (κ2) is 29.7. The van der Waals surface area contributed by atoms with Gasteiger partial charge < -0.3 is 9.84 Å². The van der Waals surface area contributed by atoms with Gasteiger partial charge in [0.2, 0.25) is 0 Å². The van der Waals surface area contributed by atoms with Crippen molar-refractivity contribution in [1.82, 2.24) is 0 Å². The molecule has 0 aromatic carbocycles. The summed E-state index contributed by atoms with van der Waals surface area (Å²) in [6.45, 7) is 35.4. The topological polar surface area (TPSA) is 63.6 Å². The second-order valence-corrected chi connectivity index (χ2v) is 23.2. The maximum atomic E-state index is 13.1. The summed E-state index contributed by atoms with van der Waals surface area (Å²) in [5.41, 5.74) is -4.14. The van der Waals surface area contributed by atoms with Crippen molar-refractivity contribution in [3.8, 4) is 0 Å². The third-order valence-corrected chi connectivity index (χ3v) is 13.0. The highest BCUT2D eigenvalue weighted by Gasteiger charge is 2.62. The minimum Gasteiger partial charge on any atom is -0.396 e. The van der Waals surface area contributed by atoms with E-state index in [1.807, 2.05) is 20.8 Å². The number of aliphatic hydroxyl groups is 1. The first-order chi connectivity index (χ1) is 29.5. The second-order valence-electron chi connectivity index (χ2n) is 23.2. The summed E-state index contributed by atoms with van der Waals surface area (Å²) in [6.07, 6.45) is 3.65. The van der Waals surface area contributed by atoms with E-state index in [2.05, 4.69) is 27.7 Å². The predicted molar refractivity (Wildman–Crippen MR) is 256 cm³/mol. The van der Waals surface area contributed by atoms with Gasteiger partial charge in [-0.1, -0.05) is 90.0 Å². The Kier molecular flexibility index (Phi) is 31.0. The quantitative estimate of drug-likeness (QED) is 0.222. The van der Waals surface area contributed by atoms with E-state index >= 15 is 0 Å². The molecule has 0 aromatic heterocycles. The van der Waals surface area contributed by atoms with E-state index in [0.29, 0.717) is 67.0 Å². The number of aliphatic hydroxyl groups excluding tert-OH is 1. The third-order valence-electron chi connectivity index (χ3n) is 13.0. The standard InChI is InChI=1S/2C8H13F3.C6H12O.2C6H10O.2C5H11F.C5H10O.C4H9F/c2*1-7(2,3)8(10,11)5-4-6(5)9;1-5-3-6(5)4-7-2;2*1-4-3-6(4)5(2)7;2*1-4-5(2,3)6;1-4-2-5(4)3-6;1-3-4(2)5/h2*5-6H,4H2,1-3H3;5-6H,3-4H2,1-2H3;2*4,6H,3H2,1-2H3;2*4H2,1-3H3;4-6H,2-3H2,1H3;4H,3H2,1-2H3/t2*5?,6-;5-,6-;4-,6+;4-,6-;;;4-,5-;4-/m10001..01/s1. The van der Waals surface area contributed by atoms with Crippen LogP contribution in [0.2, 0.25) is 0 Å². The molecule has 2 unspecified atom stereocenters. The Labute approximate surface area is 397 Å². The summed E-state index contributed by atoms with van der Waals surface area (Å²) in [4.78, 5) is 20.8. The van der Waals surface area contributed by atoms with Gasteiger partial charge in [-0.05, 0) is 142 Å². The largest absolute Gasteiger partial charge is 0.396 e. The van der Waals surface area contributed by atoms with Crippen LogP contribution in [0.15, 0.2) is 0 Å². The molecular formula is C53H99F9O4. The molecule has 6 aliphatic rings. The Bertz CT molecular complexity index is 1240. The molecule has 0 spiro atoms. The summed E-state index contributed by atoms with van der Waals surface area (Å²) in [6, 6.07) is 0. The molecule has 66 heavy (non-hydrogen) atoms. The zero-order chi connectivity index (χ0) is 53.1. The fourth-order valence-electron chi connectivity index (χ4n) is 5.47. The molecule has 6 saturated carbocycles. The molecule has 6 rings (SSSR count). The average Bonchev–Trinajstić information content (AvgIpc) is 3.91. The van der Waals surface area contributed by atoms with Crippen LogP contribution >= 0.6 is 0 Å².